The van der Waals surface area contributed by atoms with Crippen molar-refractivity contribution < 1.29 is 0 Å². The van der Waals surface area contributed by atoms with Gasteiger partial charge in [0.25, 0.3) is 0 Å². The van der Waals surface area contributed by atoms with Crippen LogP contribution in [0.1, 0.15) is 86.1 Å². The topological polar surface area (TPSA) is 0 Å². The molecule has 6 aromatic carbocycles. The van der Waals surface area contributed by atoms with Crippen molar-refractivity contribution in [3.63, 3.8) is 0 Å². The smallest absolute Gasteiger partial charge is 0.0159 e. The molecule has 238 valence electrons. The molecule has 0 fully saturated rings. The summed E-state index contributed by atoms with van der Waals surface area (Å²) in [5, 5.41) is 0. The third-order valence-corrected chi connectivity index (χ3v) is 11.7. The average molecular weight is 623 g/mol. The summed E-state index contributed by atoms with van der Waals surface area (Å²) < 4.78 is 0. The molecule has 0 aliphatic heterocycles. The van der Waals surface area contributed by atoms with Crippen molar-refractivity contribution >= 4 is 0 Å². The van der Waals surface area contributed by atoms with E-state index < -0.39 is 0 Å². The second kappa shape index (κ2) is 10.9. The monoisotopic (exact) mass is 622 g/mol. The van der Waals surface area contributed by atoms with Crippen molar-refractivity contribution in [2.45, 2.75) is 79.1 Å². The van der Waals surface area contributed by atoms with Crippen LogP contribution in [0.5, 0.6) is 0 Å². The first-order valence-electron chi connectivity index (χ1n) is 17.8. The number of benzene rings is 6. The van der Waals surface area contributed by atoms with Crippen molar-refractivity contribution in [2.24, 2.45) is 0 Å². The van der Waals surface area contributed by atoms with Crippen LogP contribution in [0.4, 0.5) is 0 Å². The highest BCUT2D eigenvalue weighted by molar-refractivity contribution is 5.92. The quantitative estimate of drug-likeness (QED) is 0.179. The summed E-state index contributed by atoms with van der Waals surface area (Å²) in [5.74, 6) is 0. The highest BCUT2D eigenvalue weighted by Gasteiger charge is 2.39. The molecule has 0 saturated carbocycles. The summed E-state index contributed by atoms with van der Waals surface area (Å²) >= 11 is 0. The lowest BCUT2D eigenvalue weighted by molar-refractivity contribution is 0.658. The van der Waals surface area contributed by atoms with E-state index in [0.29, 0.717) is 0 Å². The van der Waals surface area contributed by atoms with Crippen LogP contribution in [-0.4, -0.2) is 0 Å². The predicted octanol–water partition coefficient (Wildman–Crippen LogP) is 13.0. The molecular formula is C48H46. The van der Waals surface area contributed by atoms with Gasteiger partial charge in [-0.15, -0.1) is 0 Å². The van der Waals surface area contributed by atoms with E-state index in [2.05, 4.69) is 165 Å². The van der Waals surface area contributed by atoms with Gasteiger partial charge in [0.15, 0.2) is 0 Å². The van der Waals surface area contributed by atoms with E-state index in [9.17, 15) is 0 Å². The largest absolute Gasteiger partial charge is 0.0622 e. The van der Waals surface area contributed by atoms with Gasteiger partial charge in [0, 0.05) is 10.8 Å². The highest BCUT2D eigenvalue weighted by Crippen LogP contribution is 2.55. The van der Waals surface area contributed by atoms with Gasteiger partial charge in [0.05, 0.1) is 0 Å². The van der Waals surface area contributed by atoms with Crippen LogP contribution >= 0.6 is 0 Å². The van der Waals surface area contributed by atoms with Crippen molar-refractivity contribution in [1.82, 2.24) is 0 Å². The first-order chi connectivity index (χ1) is 23.0. The Bertz CT molecular complexity index is 2080. The molecule has 48 heavy (non-hydrogen) atoms. The van der Waals surface area contributed by atoms with E-state index in [0.717, 1.165) is 12.8 Å². The van der Waals surface area contributed by atoms with E-state index in [1.54, 1.807) is 0 Å². The molecule has 0 aromatic heterocycles. The van der Waals surface area contributed by atoms with Gasteiger partial charge in [0.1, 0.15) is 0 Å². The zero-order valence-electron chi connectivity index (χ0n) is 29.8. The second-order valence-electron chi connectivity index (χ2n) is 15.2. The van der Waals surface area contributed by atoms with Crippen LogP contribution in [-0.2, 0) is 23.7 Å². The Kier molecular flexibility index (Phi) is 6.97. The Morgan fingerprint density at radius 1 is 0.375 bits per heavy atom. The molecule has 6 aromatic rings. The van der Waals surface area contributed by atoms with Crippen molar-refractivity contribution in [3.8, 4) is 55.6 Å². The molecule has 0 amide bonds. The van der Waals surface area contributed by atoms with Crippen molar-refractivity contribution in [1.29, 1.82) is 0 Å². The van der Waals surface area contributed by atoms with Crippen molar-refractivity contribution in [2.75, 3.05) is 0 Å². The molecule has 0 bridgehead atoms. The summed E-state index contributed by atoms with van der Waals surface area (Å²) in [5.41, 5.74) is 24.8. The van der Waals surface area contributed by atoms with Gasteiger partial charge in [-0.25, -0.2) is 0 Å². The summed E-state index contributed by atoms with van der Waals surface area (Å²) in [7, 11) is 0. The van der Waals surface area contributed by atoms with Gasteiger partial charge in [-0.05, 0) is 151 Å². The van der Waals surface area contributed by atoms with Crippen LogP contribution in [0.3, 0.4) is 0 Å². The molecule has 0 radical (unpaired) electrons. The molecule has 0 unspecified atom stereocenters. The van der Waals surface area contributed by atoms with Crippen LogP contribution < -0.4 is 0 Å². The normalized spacial score (nSPS) is 14.8. The summed E-state index contributed by atoms with van der Waals surface area (Å²) in [4.78, 5) is 0. The first kappa shape index (κ1) is 30.6. The summed E-state index contributed by atoms with van der Waals surface area (Å²) in [6, 6.07) is 41.8. The summed E-state index contributed by atoms with van der Waals surface area (Å²) in [6.07, 6.45) is 2.04. The van der Waals surface area contributed by atoms with E-state index >= 15 is 0 Å². The fraction of sp³-hybridized carbons (Fsp3) is 0.250. The Labute approximate surface area is 287 Å². The lowest BCUT2D eigenvalue weighted by atomic mass is 9.78. The molecule has 0 heteroatoms. The van der Waals surface area contributed by atoms with E-state index in [1.807, 2.05) is 0 Å². The third-order valence-electron chi connectivity index (χ3n) is 11.7. The van der Waals surface area contributed by atoms with E-state index in [1.165, 1.54) is 100 Å². The standard InChI is InChI=1S/C48H46/c1-9-31-23-43-41(25-37(31)33-17-13-11-14-18-33)39-21-29(3)35(27-45(39)47(43,5)6)36-28-46-40(22-30(36)4)42-26-38(34-19-15-12-16-20-34)32(10-2)24-44(42)48(46,7)8/h11-28H,9-10H2,1-8H3. The average Bonchev–Trinajstić information content (AvgIpc) is 3.44. The van der Waals surface area contributed by atoms with Crippen LogP contribution in [0.15, 0.2) is 109 Å². The van der Waals surface area contributed by atoms with Crippen molar-refractivity contribution in [3.05, 3.63) is 154 Å². The van der Waals surface area contributed by atoms with Gasteiger partial charge in [-0.2, -0.15) is 0 Å². The Morgan fingerprint density at radius 2 is 0.708 bits per heavy atom. The van der Waals surface area contributed by atoms with Gasteiger partial charge in [-0.1, -0.05) is 126 Å². The predicted molar refractivity (Wildman–Crippen MR) is 206 cm³/mol. The number of hydrogen-bond acceptors (Lipinski definition) is 0. The van der Waals surface area contributed by atoms with Crippen LogP contribution in [0.25, 0.3) is 55.6 Å². The number of fused-ring (bicyclic) bond motifs is 6. The molecule has 0 heterocycles. The highest BCUT2D eigenvalue weighted by atomic mass is 14.4. The molecule has 0 N–H and O–H groups in total. The van der Waals surface area contributed by atoms with E-state index in [-0.39, 0.29) is 10.8 Å². The molecular weight excluding hydrogens is 577 g/mol. The fourth-order valence-electron chi connectivity index (χ4n) is 8.89. The molecule has 0 saturated heterocycles. The number of hydrogen-bond donors (Lipinski definition) is 0. The van der Waals surface area contributed by atoms with Gasteiger partial charge in [-0.3, -0.25) is 0 Å². The molecule has 2 aliphatic carbocycles. The van der Waals surface area contributed by atoms with Crippen LogP contribution in [0.2, 0.25) is 0 Å². The molecule has 8 rings (SSSR count). The van der Waals surface area contributed by atoms with Crippen LogP contribution in [0, 0.1) is 13.8 Å². The molecule has 0 atom stereocenters. The lowest BCUT2D eigenvalue weighted by Crippen LogP contribution is -2.16. The molecule has 2 aliphatic rings. The van der Waals surface area contributed by atoms with Gasteiger partial charge < -0.3 is 0 Å². The Morgan fingerprint density at radius 3 is 1.06 bits per heavy atom. The maximum absolute atomic E-state index is 2.53. The first-order valence-corrected chi connectivity index (χ1v) is 17.8. The zero-order chi connectivity index (χ0) is 33.5. The molecule has 0 spiro atoms. The molecule has 0 nitrogen and oxygen atoms in total. The Balaban J connectivity index is 1.28. The fourth-order valence-corrected chi connectivity index (χ4v) is 8.89. The Hall–Kier alpha value is -4.68. The minimum atomic E-state index is -0.0726. The maximum atomic E-state index is 2.53. The maximum Gasteiger partial charge on any atom is 0.0159 e. The summed E-state index contributed by atoms with van der Waals surface area (Å²) in [6.45, 7) is 18.9. The van der Waals surface area contributed by atoms with E-state index in [4.69, 9.17) is 0 Å². The lowest BCUT2D eigenvalue weighted by Gasteiger charge is -2.25. The SMILES string of the molecule is CCc1cc2c(cc1-c1ccccc1)-c1cc(C)c(-c3cc4c(cc3C)-c3cc(-c5ccccc5)c(CC)cc3C4(C)C)cc1C2(C)C. The third kappa shape index (κ3) is 4.42. The minimum Gasteiger partial charge on any atom is -0.0622 e. The van der Waals surface area contributed by atoms with Gasteiger partial charge >= 0.3 is 0 Å². The second-order valence-corrected chi connectivity index (χ2v) is 15.2. The number of rotatable bonds is 5. The van der Waals surface area contributed by atoms with Gasteiger partial charge in [0.2, 0.25) is 0 Å². The number of aryl methyl sites for hydroxylation is 4. The minimum absolute atomic E-state index is 0.0726. The zero-order valence-corrected chi connectivity index (χ0v) is 29.8.